The summed E-state index contributed by atoms with van der Waals surface area (Å²) in [5, 5.41) is 7.17. The summed E-state index contributed by atoms with van der Waals surface area (Å²) >= 11 is 1.84. The van der Waals surface area contributed by atoms with Crippen molar-refractivity contribution < 1.29 is 0 Å². The first-order valence-corrected chi connectivity index (χ1v) is 8.26. The van der Waals surface area contributed by atoms with Gasteiger partial charge in [0.15, 0.2) is 0 Å². The zero-order valence-electron chi connectivity index (χ0n) is 12.3. The minimum absolute atomic E-state index is 0.503. The zero-order chi connectivity index (χ0) is 14.5. The van der Waals surface area contributed by atoms with Gasteiger partial charge in [-0.2, -0.15) is 0 Å². The first kappa shape index (κ1) is 14.2. The molecule has 108 valence electrons. The lowest BCUT2D eigenvalue weighted by Crippen LogP contribution is -2.28. The van der Waals surface area contributed by atoms with Gasteiger partial charge in [-0.3, -0.25) is 4.98 Å². The summed E-state index contributed by atoms with van der Waals surface area (Å²) in [5.41, 5.74) is 2.77. The van der Waals surface area contributed by atoms with Crippen LogP contribution in [0.5, 0.6) is 0 Å². The molecule has 0 aliphatic rings. The van der Waals surface area contributed by atoms with Gasteiger partial charge in [-0.1, -0.05) is 24.3 Å². The van der Waals surface area contributed by atoms with Crippen LogP contribution in [0.25, 0.3) is 10.1 Å². The van der Waals surface area contributed by atoms with Gasteiger partial charge in [-0.05, 0) is 60.3 Å². The van der Waals surface area contributed by atoms with Crippen LogP contribution in [-0.4, -0.2) is 18.1 Å². The maximum atomic E-state index is 4.19. The smallest absolute Gasteiger partial charge is 0.0345 e. The van der Waals surface area contributed by atoms with Crippen molar-refractivity contribution in [2.75, 3.05) is 7.05 Å². The number of nitrogens with one attached hydrogen (secondary N) is 1. The van der Waals surface area contributed by atoms with Gasteiger partial charge < -0.3 is 5.32 Å². The molecule has 1 aromatic carbocycles. The third-order valence-electron chi connectivity index (χ3n) is 3.94. The topological polar surface area (TPSA) is 24.9 Å². The second kappa shape index (κ2) is 6.83. The lowest BCUT2D eigenvalue weighted by Gasteiger charge is -2.15. The van der Waals surface area contributed by atoms with Crippen molar-refractivity contribution >= 4 is 21.4 Å². The number of hydrogen-bond donors (Lipinski definition) is 1. The normalized spacial score (nSPS) is 12.6. The average Bonchev–Trinajstić information content (AvgIpc) is 2.95. The molecule has 3 heteroatoms. The molecular weight excluding hydrogens is 276 g/mol. The Bertz CT molecular complexity index is 691. The van der Waals surface area contributed by atoms with Crippen LogP contribution in [0.4, 0.5) is 0 Å². The van der Waals surface area contributed by atoms with Gasteiger partial charge in [0.05, 0.1) is 0 Å². The third kappa shape index (κ3) is 3.49. The number of thiophene rings is 1. The largest absolute Gasteiger partial charge is 0.317 e. The van der Waals surface area contributed by atoms with Crippen LogP contribution in [0.2, 0.25) is 0 Å². The second-order valence-electron chi connectivity index (χ2n) is 5.35. The first-order chi connectivity index (χ1) is 10.4. The fourth-order valence-corrected chi connectivity index (χ4v) is 3.67. The predicted octanol–water partition coefficient (Wildman–Crippen LogP) is 4.06. The van der Waals surface area contributed by atoms with Gasteiger partial charge in [0.2, 0.25) is 0 Å². The van der Waals surface area contributed by atoms with E-state index in [1.165, 1.54) is 21.2 Å². The summed E-state index contributed by atoms with van der Waals surface area (Å²) in [4.78, 5) is 4.19. The average molecular weight is 296 g/mol. The molecule has 21 heavy (non-hydrogen) atoms. The molecule has 2 nitrogen and oxygen atoms in total. The van der Waals surface area contributed by atoms with E-state index in [-0.39, 0.29) is 0 Å². The van der Waals surface area contributed by atoms with Crippen molar-refractivity contribution in [2.45, 2.75) is 25.3 Å². The highest BCUT2D eigenvalue weighted by molar-refractivity contribution is 7.17. The fourth-order valence-electron chi connectivity index (χ4n) is 2.69. The van der Waals surface area contributed by atoms with E-state index in [2.05, 4.69) is 53.1 Å². The molecule has 1 N–H and O–H groups in total. The number of nitrogens with zero attached hydrogens (tertiary/aromatic N) is 1. The highest BCUT2D eigenvalue weighted by Gasteiger charge is 2.11. The van der Waals surface area contributed by atoms with Crippen molar-refractivity contribution in [2.24, 2.45) is 0 Å². The van der Waals surface area contributed by atoms with E-state index >= 15 is 0 Å². The van der Waals surface area contributed by atoms with Gasteiger partial charge >= 0.3 is 0 Å². The van der Waals surface area contributed by atoms with Crippen molar-refractivity contribution in [1.29, 1.82) is 0 Å². The Hall–Kier alpha value is -1.71. The van der Waals surface area contributed by atoms with Gasteiger partial charge in [0.1, 0.15) is 0 Å². The molecule has 0 spiro atoms. The molecule has 0 bridgehead atoms. The van der Waals surface area contributed by atoms with E-state index in [4.69, 9.17) is 0 Å². The van der Waals surface area contributed by atoms with E-state index < -0.39 is 0 Å². The molecule has 0 aliphatic heterocycles. The number of fused-ring (bicyclic) bond motifs is 1. The van der Waals surface area contributed by atoms with Crippen molar-refractivity contribution in [3.05, 3.63) is 65.3 Å². The highest BCUT2D eigenvalue weighted by Crippen LogP contribution is 2.27. The summed E-state index contributed by atoms with van der Waals surface area (Å²) in [5.74, 6) is 0. The Balaban J connectivity index is 1.67. The van der Waals surface area contributed by atoms with Gasteiger partial charge in [0, 0.05) is 23.1 Å². The molecular formula is C18H20N2S. The maximum absolute atomic E-state index is 4.19. The SMILES string of the molecule is CNC(CCc1cccnc1)Cc1csc2ccccc12. The van der Waals surface area contributed by atoms with Crippen molar-refractivity contribution in [1.82, 2.24) is 10.3 Å². The lowest BCUT2D eigenvalue weighted by molar-refractivity contribution is 0.521. The van der Waals surface area contributed by atoms with E-state index in [0.717, 1.165) is 19.3 Å². The predicted molar refractivity (Wildman–Crippen MR) is 90.9 cm³/mol. The van der Waals surface area contributed by atoms with E-state index in [1.54, 1.807) is 0 Å². The van der Waals surface area contributed by atoms with E-state index in [0.29, 0.717) is 6.04 Å². The molecule has 1 unspecified atom stereocenters. The number of hydrogen-bond acceptors (Lipinski definition) is 3. The Morgan fingerprint density at radius 1 is 1.19 bits per heavy atom. The van der Waals surface area contributed by atoms with Gasteiger partial charge in [0.25, 0.3) is 0 Å². The minimum Gasteiger partial charge on any atom is -0.317 e. The molecule has 3 aromatic rings. The summed E-state index contributed by atoms with van der Waals surface area (Å²) in [6, 6.07) is 13.3. The number of aromatic nitrogens is 1. The van der Waals surface area contributed by atoms with Gasteiger partial charge in [-0.15, -0.1) is 11.3 Å². The fraction of sp³-hybridized carbons (Fsp3) is 0.278. The van der Waals surface area contributed by atoms with Crippen molar-refractivity contribution in [3.8, 4) is 0 Å². The summed E-state index contributed by atoms with van der Waals surface area (Å²) in [7, 11) is 2.06. The standard InChI is InChI=1S/C18H20N2S/c1-19-16(9-8-14-5-4-10-20-12-14)11-15-13-21-18-7-3-2-6-17(15)18/h2-7,10,12-13,16,19H,8-9,11H2,1H3. The van der Waals surface area contributed by atoms with E-state index in [9.17, 15) is 0 Å². The van der Waals surface area contributed by atoms with Crippen LogP contribution < -0.4 is 5.32 Å². The molecule has 0 amide bonds. The number of likely N-dealkylation sites (N-methyl/N-ethyl adjacent to an activating group) is 1. The van der Waals surface area contributed by atoms with Crippen LogP contribution in [0, 0.1) is 0 Å². The van der Waals surface area contributed by atoms with Crippen LogP contribution in [0.15, 0.2) is 54.2 Å². The van der Waals surface area contributed by atoms with Crippen LogP contribution >= 0.6 is 11.3 Å². The zero-order valence-corrected chi connectivity index (χ0v) is 13.1. The number of benzene rings is 1. The van der Waals surface area contributed by atoms with Crippen LogP contribution in [0.3, 0.4) is 0 Å². The molecule has 0 radical (unpaired) electrons. The Morgan fingerprint density at radius 3 is 2.90 bits per heavy atom. The first-order valence-electron chi connectivity index (χ1n) is 7.38. The second-order valence-corrected chi connectivity index (χ2v) is 6.26. The molecule has 0 aliphatic carbocycles. The molecule has 3 rings (SSSR count). The maximum Gasteiger partial charge on any atom is 0.0345 e. The van der Waals surface area contributed by atoms with Crippen LogP contribution in [0.1, 0.15) is 17.5 Å². The van der Waals surface area contributed by atoms with E-state index in [1.807, 2.05) is 29.8 Å². The highest BCUT2D eigenvalue weighted by atomic mass is 32.1. The number of pyridine rings is 1. The Morgan fingerprint density at radius 2 is 2.10 bits per heavy atom. The third-order valence-corrected chi connectivity index (χ3v) is 4.95. The molecule has 0 saturated heterocycles. The molecule has 2 aromatic heterocycles. The Kier molecular flexibility index (Phi) is 4.63. The number of rotatable bonds is 6. The van der Waals surface area contributed by atoms with Crippen LogP contribution in [-0.2, 0) is 12.8 Å². The minimum atomic E-state index is 0.503. The lowest BCUT2D eigenvalue weighted by atomic mass is 9.99. The van der Waals surface area contributed by atoms with Gasteiger partial charge in [-0.25, -0.2) is 0 Å². The monoisotopic (exact) mass is 296 g/mol. The molecule has 2 heterocycles. The molecule has 1 atom stereocenters. The Labute approximate surface area is 129 Å². The molecule has 0 fully saturated rings. The molecule has 0 saturated carbocycles. The quantitative estimate of drug-likeness (QED) is 0.742. The summed E-state index contributed by atoms with van der Waals surface area (Å²) in [6.45, 7) is 0. The number of aryl methyl sites for hydroxylation is 1. The summed E-state index contributed by atoms with van der Waals surface area (Å²) in [6.07, 6.45) is 7.08. The summed E-state index contributed by atoms with van der Waals surface area (Å²) < 4.78 is 1.38. The van der Waals surface area contributed by atoms with Crippen molar-refractivity contribution in [3.63, 3.8) is 0 Å².